The minimum Gasteiger partial charge on any atom is -0.469 e. The number of carbonyl (C=O) groups is 1. The van der Waals surface area contributed by atoms with Crippen LogP contribution in [0.5, 0.6) is 11.5 Å². The fraction of sp³-hybridized carbons (Fsp3) is 0.133. The van der Waals surface area contributed by atoms with E-state index in [-0.39, 0.29) is 18.1 Å². The lowest BCUT2D eigenvalue weighted by Gasteiger charge is -2.10. The maximum atomic E-state index is 11.4. The molecule has 108 valence electrons. The molecular formula is C15H13NO5. The molecule has 0 amide bonds. The molecule has 0 aliphatic heterocycles. The van der Waals surface area contributed by atoms with Crippen LogP contribution in [0.3, 0.4) is 0 Å². The number of non-ortho nitro benzene ring substituents is 1. The van der Waals surface area contributed by atoms with Crippen LogP contribution < -0.4 is 4.74 Å². The van der Waals surface area contributed by atoms with Gasteiger partial charge in [-0.2, -0.15) is 0 Å². The molecule has 0 spiro atoms. The first-order valence-electron chi connectivity index (χ1n) is 6.17. The van der Waals surface area contributed by atoms with Crippen LogP contribution in [-0.4, -0.2) is 18.0 Å². The topological polar surface area (TPSA) is 78.7 Å². The average Bonchev–Trinajstić information content (AvgIpc) is 2.49. The lowest BCUT2D eigenvalue weighted by atomic mass is 10.1. The summed E-state index contributed by atoms with van der Waals surface area (Å²) >= 11 is 0. The molecule has 0 atom stereocenters. The van der Waals surface area contributed by atoms with Crippen LogP contribution in [-0.2, 0) is 16.0 Å². The van der Waals surface area contributed by atoms with Crippen molar-refractivity contribution in [2.45, 2.75) is 6.42 Å². The Balaban J connectivity index is 2.19. The number of nitrogens with zero attached hydrogens (tertiary/aromatic N) is 1. The van der Waals surface area contributed by atoms with Gasteiger partial charge in [0, 0.05) is 17.7 Å². The summed E-state index contributed by atoms with van der Waals surface area (Å²) in [4.78, 5) is 21.5. The highest BCUT2D eigenvalue weighted by molar-refractivity contribution is 5.73. The Morgan fingerprint density at radius 1 is 1.14 bits per heavy atom. The van der Waals surface area contributed by atoms with Crippen molar-refractivity contribution in [2.75, 3.05) is 7.11 Å². The zero-order valence-electron chi connectivity index (χ0n) is 11.3. The van der Waals surface area contributed by atoms with Gasteiger partial charge in [-0.05, 0) is 18.2 Å². The van der Waals surface area contributed by atoms with Crippen LogP contribution in [0.4, 0.5) is 5.69 Å². The van der Waals surface area contributed by atoms with Gasteiger partial charge >= 0.3 is 5.97 Å². The van der Waals surface area contributed by atoms with Gasteiger partial charge in [0.25, 0.3) is 5.69 Å². The van der Waals surface area contributed by atoms with Crippen molar-refractivity contribution in [2.24, 2.45) is 0 Å². The number of para-hydroxylation sites is 1. The Morgan fingerprint density at radius 3 is 2.43 bits per heavy atom. The third-order valence-electron chi connectivity index (χ3n) is 2.81. The Kier molecular flexibility index (Phi) is 4.50. The fourth-order valence-corrected chi connectivity index (χ4v) is 1.74. The van der Waals surface area contributed by atoms with Crippen molar-refractivity contribution in [1.29, 1.82) is 0 Å². The highest BCUT2D eigenvalue weighted by Crippen LogP contribution is 2.27. The Hall–Kier alpha value is -2.89. The van der Waals surface area contributed by atoms with E-state index < -0.39 is 4.92 Å². The van der Waals surface area contributed by atoms with E-state index in [1.807, 2.05) is 0 Å². The minimum absolute atomic E-state index is 0.00908. The molecule has 0 fully saturated rings. The molecule has 0 aliphatic carbocycles. The molecule has 0 heterocycles. The molecule has 21 heavy (non-hydrogen) atoms. The highest BCUT2D eigenvalue weighted by Gasteiger charge is 2.10. The number of hydrogen-bond acceptors (Lipinski definition) is 5. The number of methoxy groups -OCH3 is 1. The van der Waals surface area contributed by atoms with Crippen molar-refractivity contribution < 1.29 is 19.2 Å². The predicted octanol–water partition coefficient (Wildman–Crippen LogP) is 3.10. The number of benzene rings is 2. The number of carbonyl (C=O) groups excluding carboxylic acids is 1. The van der Waals surface area contributed by atoms with Gasteiger partial charge in [0.05, 0.1) is 18.5 Å². The number of esters is 1. The van der Waals surface area contributed by atoms with Gasteiger partial charge in [-0.25, -0.2) is 0 Å². The summed E-state index contributed by atoms with van der Waals surface area (Å²) in [7, 11) is 1.32. The first-order chi connectivity index (χ1) is 10.1. The maximum absolute atomic E-state index is 11.4. The number of rotatable bonds is 5. The van der Waals surface area contributed by atoms with Crippen LogP contribution in [0.2, 0.25) is 0 Å². The average molecular weight is 287 g/mol. The summed E-state index contributed by atoms with van der Waals surface area (Å²) in [5.74, 6) is 0.601. The third kappa shape index (κ3) is 3.79. The molecule has 0 radical (unpaired) electrons. The normalized spacial score (nSPS) is 9.95. The van der Waals surface area contributed by atoms with Crippen LogP contribution in [0.15, 0.2) is 48.5 Å². The summed E-state index contributed by atoms with van der Waals surface area (Å²) in [6, 6.07) is 12.8. The van der Waals surface area contributed by atoms with Gasteiger partial charge in [-0.3, -0.25) is 14.9 Å². The molecule has 6 heteroatoms. The number of nitro groups is 1. The first kappa shape index (κ1) is 14.5. The van der Waals surface area contributed by atoms with Crippen LogP contribution in [0.1, 0.15) is 5.56 Å². The zero-order chi connectivity index (χ0) is 15.2. The van der Waals surface area contributed by atoms with Crippen molar-refractivity contribution in [1.82, 2.24) is 0 Å². The van der Waals surface area contributed by atoms with E-state index in [4.69, 9.17) is 4.74 Å². The Labute approximate surface area is 121 Å². The minimum atomic E-state index is -0.477. The molecule has 6 nitrogen and oxygen atoms in total. The van der Waals surface area contributed by atoms with Crippen LogP contribution in [0.25, 0.3) is 0 Å². The molecular weight excluding hydrogens is 274 g/mol. The van der Waals surface area contributed by atoms with Gasteiger partial charge in [-0.1, -0.05) is 18.2 Å². The number of hydrogen-bond donors (Lipinski definition) is 0. The molecule has 0 unspecified atom stereocenters. The van der Waals surface area contributed by atoms with E-state index >= 15 is 0 Å². The lowest BCUT2D eigenvalue weighted by Crippen LogP contribution is -2.05. The molecule has 2 aromatic rings. The van der Waals surface area contributed by atoms with E-state index in [1.165, 1.54) is 31.4 Å². The standard InChI is InChI=1S/C15H13NO5/c1-20-15(17)10-11-4-2-3-5-14(11)21-13-8-6-12(7-9-13)16(18)19/h2-9H,10H2,1H3. The Bertz CT molecular complexity index is 651. The monoisotopic (exact) mass is 287 g/mol. The first-order valence-corrected chi connectivity index (χ1v) is 6.17. The summed E-state index contributed by atoms with van der Waals surface area (Å²) in [5, 5.41) is 10.6. The van der Waals surface area contributed by atoms with E-state index in [0.29, 0.717) is 17.1 Å². The summed E-state index contributed by atoms with van der Waals surface area (Å²) < 4.78 is 10.3. The fourth-order valence-electron chi connectivity index (χ4n) is 1.74. The van der Waals surface area contributed by atoms with Gasteiger partial charge in [0.1, 0.15) is 11.5 Å². The molecule has 0 bridgehead atoms. The molecule has 2 aromatic carbocycles. The largest absolute Gasteiger partial charge is 0.469 e. The molecule has 2 rings (SSSR count). The second kappa shape index (κ2) is 6.51. The second-order valence-electron chi connectivity index (χ2n) is 4.21. The van der Waals surface area contributed by atoms with Crippen molar-refractivity contribution in [3.8, 4) is 11.5 Å². The SMILES string of the molecule is COC(=O)Cc1ccccc1Oc1ccc([N+](=O)[O-])cc1. The van der Waals surface area contributed by atoms with Crippen molar-refractivity contribution in [3.63, 3.8) is 0 Å². The third-order valence-corrected chi connectivity index (χ3v) is 2.81. The van der Waals surface area contributed by atoms with Gasteiger partial charge in [0.15, 0.2) is 0 Å². The molecule has 0 saturated heterocycles. The smallest absolute Gasteiger partial charge is 0.310 e. The van der Waals surface area contributed by atoms with Crippen molar-refractivity contribution in [3.05, 3.63) is 64.2 Å². The summed E-state index contributed by atoms with van der Waals surface area (Å²) in [6.07, 6.45) is 0.0969. The van der Waals surface area contributed by atoms with Crippen LogP contribution in [0, 0.1) is 10.1 Å². The molecule has 0 saturated carbocycles. The molecule has 0 N–H and O–H groups in total. The van der Waals surface area contributed by atoms with Gasteiger partial charge < -0.3 is 9.47 Å². The number of ether oxygens (including phenoxy) is 2. The quantitative estimate of drug-likeness (QED) is 0.479. The molecule has 0 aromatic heterocycles. The second-order valence-corrected chi connectivity index (χ2v) is 4.21. The van der Waals surface area contributed by atoms with Gasteiger partial charge in [0.2, 0.25) is 0 Å². The summed E-state index contributed by atoms with van der Waals surface area (Å²) in [5.41, 5.74) is 0.674. The van der Waals surface area contributed by atoms with E-state index in [2.05, 4.69) is 4.74 Å². The van der Waals surface area contributed by atoms with Crippen LogP contribution >= 0.6 is 0 Å². The van der Waals surface area contributed by atoms with E-state index in [0.717, 1.165) is 0 Å². The number of nitro benzene ring substituents is 1. The lowest BCUT2D eigenvalue weighted by molar-refractivity contribution is -0.384. The van der Waals surface area contributed by atoms with E-state index in [9.17, 15) is 14.9 Å². The summed E-state index contributed by atoms with van der Waals surface area (Å²) in [6.45, 7) is 0. The zero-order valence-corrected chi connectivity index (χ0v) is 11.3. The maximum Gasteiger partial charge on any atom is 0.310 e. The highest BCUT2D eigenvalue weighted by atomic mass is 16.6. The van der Waals surface area contributed by atoms with E-state index in [1.54, 1.807) is 24.3 Å². The molecule has 0 aliphatic rings. The predicted molar refractivity (Wildman–Crippen MR) is 75.3 cm³/mol. The van der Waals surface area contributed by atoms with Gasteiger partial charge in [-0.15, -0.1) is 0 Å². The van der Waals surface area contributed by atoms with Crippen molar-refractivity contribution >= 4 is 11.7 Å². The Morgan fingerprint density at radius 2 is 1.81 bits per heavy atom.